The third-order valence-electron chi connectivity index (χ3n) is 4.95. The van der Waals surface area contributed by atoms with Gasteiger partial charge >= 0.3 is 5.97 Å². The van der Waals surface area contributed by atoms with E-state index in [1.54, 1.807) is 12.1 Å². The maximum absolute atomic E-state index is 10.9. The molecule has 4 heteroatoms. The van der Waals surface area contributed by atoms with E-state index >= 15 is 0 Å². The molecule has 0 amide bonds. The summed E-state index contributed by atoms with van der Waals surface area (Å²) < 4.78 is 6.08. The van der Waals surface area contributed by atoms with Crippen molar-refractivity contribution in [2.45, 2.75) is 39.0 Å². The Labute approximate surface area is 142 Å². The summed E-state index contributed by atoms with van der Waals surface area (Å²) >= 11 is 0. The number of carbonyl (C=O) groups is 1. The van der Waals surface area contributed by atoms with Crippen molar-refractivity contribution in [2.75, 3.05) is 0 Å². The number of para-hydroxylation sites is 1. The van der Waals surface area contributed by atoms with Gasteiger partial charge in [-0.05, 0) is 29.8 Å². The molecular formula is C20H23NO3. The van der Waals surface area contributed by atoms with Crippen LogP contribution in [0.25, 0.3) is 0 Å². The average molecular weight is 325 g/mol. The van der Waals surface area contributed by atoms with Crippen LogP contribution in [0.5, 0.6) is 5.75 Å². The van der Waals surface area contributed by atoms with Crippen molar-refractivity contribution in [3.8, 4) is 5.75 Å². The van der Waals surface area contributed by atoms with Gasteiger partial charge in [0.2, 0.25) is 0 Å². The topological polar surface area (TPSA) is 58.6 Å². The van der Waals surface area contributed by atoms with E-state index in [-0.39, 0.29) is 11.5 Å². The Morgan fingerprint density at radius 2 is 1.83 bits per heavy atom. The molecule has 0 bridgehead atoms. The molecule has 1 aliphatic rings. The van der Waals surface area contributed by atoms with Crippen LogP contribution >= 0.6 is 0 Å². The summed E-state index contributed by atoms with van der Waals surface area (Å²) in [5.41, 5.74) is 1.46. The highest BCUT2D eigenvalue weighted by Crippen LogP contribution is 2.43. The number of hydrogen-bond acceptors (Lipinski definition) is 3. The van der Waals surface area contributed by atoms with Gasteiger partial charge in [0.1, 0.15) is 11.9 Å². The van der Waals surface area contributed by atoms with Crippen molar-refractivity contribution < 1.29 is 14.6 Å². The minimum Gasteiger partial charge on any atom is -0.490 e. The van der Waals surface area contributed by atoms with Gasteiger partial charge in [0.25, 0.3) is 0 Å². The van der Waals surface area contributed by atoms with Gasteiger partial charge in [-0.1, -0.05) is 44.2 Å². The van der Waals surface area contributed by atoms with Crippen molar-refractivity contribution >= 4 is 5.97 Å². The lowest BCUT2D eigenvalue weighted by Gasteiger charge is -2.51. The van der Waals surface area contributed by atoms with E-state index in [9.17, 15) is 4.79 Å². The highest BCUT2D eigenvalue weighted by Gasteiger charge is 2.49. The van der Waals surface area contributed by atoms with Gasteiger partial charge in [0.05, 0.1) is 5.56 Å². The smallest absolute Gasteiger partial charge is 0.335 e. The fourth-order valence-corrected chi connectivity index (χ4v) is 3.10. The SMILES string of the molecule is CC1(C)[C@@H](NCc2ccc(C(=O)O)cc2)C[C@H]1Oc1ccccc1. The number of aromatic carboxylic acids is 1. The van der Waals surface area contributed by atoms with Crippen LogP contribution in [0.3, 0.4) is 0 Å². The molecule has 0 radical (unpaired) electrons. The van der Waals surface area contributed by atoms with Crippen LogP contribution in [-0.4, -0.2) is 23.2 Å². The van der Waals surface area contributed by atoms with Crippen molar-refractivity contribution in [3.05, 3.63) is 65.7 Å². The Kier molecular flexibility index (Phi) is 4.58. The second-order valence-electron chi connectivity index (χ2n) is 6.91. The molecule has 0 unspecified atom stereocenters. The van der Waals surface area contributed by atoms with E-state index < -0.39 is 5.97 Å². The van der Waals surface area contributed by atoms with Crippen molar-refractivity contribution in [1.82, 2.24) is 5.32 Å². The number of ether oxygens (including phenoxy) is 1. The predicted molar refractivity (Wildman–Crippen MR) is 93.3 cm³/mol. The predicted octanol–water partition coefficient (Wildman–Crippen LogP) is 3.72. The van der Waals surface area contributed by atoms with Gasteiger partial charge in [-0.25, -0.2) is 4.79 Å². The average Bonchev–Trinajstić information content (AvgIpc) is 2.58. The lowest BCUT2D eigenvalue weighted by atomic mass is 9.64. The van der Waals surface area contributed by atoms with E-state index in [2.05, 4.69) is 19.2 Å². The van der Waals surface area contributed by atoms with Gasteiger partial charge in [-0.3, -0.25) is 0 Å². The molecule has 126 valence electrons. The van der Waals surface area contributed by atoms with Gasteiger partial charge in [0, 0.05) is 24.4 Å². The first-order chi connectivity index (χ1) is 11.5. The van der Waals surface area contributed by atoms with E-state index in [0.717, 1.165) is 24.3 Å². The maximum atomic E-state index is 10.9. The van der Waals surface area contributed by atoms with E-state index in [1.807, 2.05) is 42.5 Å². The molecule has 0 saturated heterocycles. The molecule has 3 rings (SSSR count). The van der Waals surface area contributed by atoms with Crippen molar-refractivity contribution in [3.63, 3.8) is 0 Å². The molecule has 1 saturated carbocycles. The molecule has 24 heavy (non-hydrogen) atoms. The molecule has 0 aromatic heterocycles. The van der Waals surface area contributed by atoms with Crippen LogP contribution in [-0.2, 0) is 6.54 Å². The monoisotopic (exact) mass is 325 g/mol. The Bertz CT molecular complexity index is 695. The van der Waals surface area contributed by atoms with Crippen LogP contribution in [0.15, 0.2) is 54.6 Å². The van der Waals surface area contributed by atoms with Crippen LogP contribution in [0.2, 0.25) is 0 Å². The molecule has 4 nitrogen and oxygen atoms in total. The van der Waals surface area contributed by atoms with Crippen LogP contribution < -0.4 is 10.1 Å². The number of hydrogen-bond donors (Lipinski definition) is 2. The minimum atomic E-state index is -0.893. The molecular weight excluding hydrogens is 302 g/mol. The van der Waals surface area contributed by atoms with E-state index in [4.69, 9.17) is 9.84 Å². The van der Waals surface area contributed by atoms with Gasteiger partial charge in [-0.2, -0.15) is 0 Å². The lowest BCUT2D eigenvalue weighted by Crippen LogP contribution is -2.61. The van der Waals surface area contributed by atoms with Gasteiger partial charge < -0.3 is 15.2 Å². The Morgan fingerprint density at radius 3 is 2.42 bits per heavy atom. The minimum absolute atomic E-state index is 0.0524. The number of carboxylic acids is 1. The summed E-state index contributed by atoms with van der Waals surface area (Å²) in [5, 5.41) is 12.5. The molecule has 2 aromatic carbocycles. The third-order valence-corrected chi connectivity index (χ3v) is 4.95. The molecule has 2 N–H and O–H groups in total. The second kappa shape index (κ2) is 6.65. The van der Waals surface area contributed by atoms with Gasteiger partial charge in [0.15, 0.2) is 0 Å². The zero-order chi connectivity index (χ0) is 17.2. The van der Waals surface area contributed by atoms with Crippen molar-refractivity contribution in [2.24, 2.45) is 5.41 Å². The fourth-order valence-electron chi connectivity index (χ4n) is 3.10. The lowest BCUT2D eigenvalue weighted by molar-refractivity contribution is -0.0554. The zero-order valence-electron chi connectivity index (χ0n) is 14.0. The Hall–Kier alpha value is -2.33. The van der Waals surface area contributed by atoms with Crippen molar-refractivity contribution in [1.29, 1.82) is 0 Å². The highest BCUT2D eigenvalue weighted by atomic mass is 16.5. The molecule has 1 aliphatic carbocycles. The molecule has 1 fully saturated rings. The summed E-state index contributed by atoms with van der Waals surface area (Å²) in [5.74, 6) is 0.0221. The standard InChI is InChI=1S/C20H23NO3/c1-20(2)17(12-18(20)24-16-6-4-3-5-7-16)21-13-14-8-10-15(11-9-14)19(22)23/h3-11,17-18,21H,12-13H2,1-2H3,(H,22,23)/t17-,18+/m0/s1. The van der Waals surface area contributed by atoms with Gasteiger partial charge in [-0.15, -0.1) is 0 Å². The third kappa shape index (κ3) is 3.44. The quantitative estimate of drug-likeness (QED) is 0.850. The zero-order valence-corrected chi connectivity index (χ0v) is 14.0. The number of rotatable bonds is 6. The van der Waals surface area contributed by atoms with Crippen LogP contribution in [0, 0.1) is 5.41 Å². The maximum Gasteiger partial charge on any atom is 0.335 e. The first-order valence-electron chi connectivity index (χ1n) is 8.24. The fraction of sp³-hybridized carbons (Fsp3) is 0.350. The Morgan fingerprint density at radius 1 is 1.17 bits per heavy atom. The molecule has 2 aromatic rings. The first-order valence-corrected chi connectivity index (χ1v) is 8.24. The van der Waals surface area contributed by atoms with Crippen LogP contribution in [0.4, 0.5) is 0 Å². The summed E-state index contributed by atoms with van der Waals surface area (Å²) in [6, 6.07) is 17.3. The summed E-state index contributed by atoms with van der Waals surface area (Å²) in [7, 11) is 0. The molecule has 0 spiro atoms. The number of nitrogens with one attached hydrogen (secondary N) is 1. The van der Waals surface area contributed by atoms with Crippen LogP contribution in [0.1, 0.15) is 36.2 Å². The molecule has 0 heterocycles. The summed E-state index contributed by atoms with van der Waals surface area (Å²) in [6.07, 6.45) is 1.17. The number of benzene rings is 2. The first kappa shape index (κ1) is 16.5. The molecule has 0 aliphatic heterocycles. The summed E-state index contributed by atoms with van der Waals surface area (Å²) in [6.45, 7) is 5.16. The molecule has 2 atom stereocenters. The summed E-state index contributed by atoms with van der Waals surface area (Å²) in [4.78, 5) is 10.9. The highest BCUT2D eigenvalue weighted by molar-refractivity contribution is 5.87. The Balaban J connectivity index is 1.53. The largest absolute Gasteiger partial charge is 0.490 e. The van der Waals surface area contributed by atoms with E-state index in [0.29, 0.717) is 11.6 Å². The second-order valence-corrected chi connectivity index (χ2v) is 6.91. The van der Waals surface area contributed by atoms with E-state index in [1.165, 1.54) is 0 Å². The number of carboxylic acid groups (broad SMARTS) is 1. The normalized spacial score (nSPS) is 21.8.